The molecule has 0 aromatic carbocycles. The summed E-state index contributed by atoms with van der Waals surface area (Å²) in [5.74, 6) is 0.618. The van der Waals surface area contributed by atoms with E-state index in [2.05, 4.69) is 11.9 Å². The fraction of sp³-hybridized carbons (Fsp3) is 0.800. The van der Waals surface area contributed by atoms with E-state index >= 15 is 0 Å². The molecule has 1 amide bonds. The number of amides is 1. The smallest absolute Gasteiger partial charge is 0.229 e. The topological polar surface area (TPSA) is 49.6 Å². The van der Waals surface area contributed by atoms with Gasteiger partial charge in [0.1, 0.15) is 0 Å². The van der Waals surface area contributed by atoms with Crippen molar-refractivity contribution in [2.45, 2.75) is 12.8 Å². The van der Waals surface area contributed by atoms with Crippen LogP contribution in [-0.2, 0) is 4.79 Å². The zero-order valence-corrected chi connectivity index (χ0v) is 10.2. The Bertz CT molecular complexity index is 257. The van der Waals surface area contributed by atoms with Crippen LogP contribution in [-0.4, -0.2) is 54.4 Å². The van der Waals surface area contributed by atoms with Crippen molar-refractivity contribution in [2.24, 2.45) is 11.7 Å². The summed E-state index contributed by atoms with van der Waals surface area (Å²) in [7, 11) is 3.93. The van der Waals surface area contributed by atoms with Gasteiger partial charge >= 0.3 is 0 Å². The van der Waals surface area contributed by atoms with Crippen molar-refractivity contribution >= 4 is 23.1 Å². The molecule has 0 aromatic rings. The van der Waals surface area contributed by atoms with Crippen LogP contribution in [0.3, 0.4) is 0 Å². The van der Waals surface area contributed by atoms with E-state index in [-0.39, 0.29) is 17.3 Å². The molecule has 0 aromatic heterocycles. The molecule has 1 fully saturated rings. The number of hydrogen-bond acceptors (Lipinski definition) is 3. The van der Waals surface area contributed by atoms with Gasteiger partial charge in [-0.25, -0.2) is 0 Å². The zero-order chi connectivity index (χ0) is 11.4. The third kappa shape index (κ3) is 4.13. The second kappa shape index (κ2) is 5.42. The molecule has 2 N–H and O–H groups in total. The number of rotatable bonds is 4. The molecule has 4 nitrogen and oxygen atoms in total. The summed E-state index contributed by atoms with van der Waals surface area (Å²) < 4.78 is 0. The SMILES string of the molecule is CN1CCC(CN(C)C(=O)CC(N)=S)C1. The molecule has 1 saturated heterocycles. The van der Waals surface area contributed by atoms with E-state index in [1.54, 1.807) is 4.90 Å². The highest BCUT2D eigenvalue weighted by atomic mass is 32.1. The van der Waals surface area contributed by atoms with Gasteiger partial charge in [-0.2, -0.15) is 0 Å². The summed E-state index contributed by atoms with van der Waals surface area (Å²) in [6, 6.07) is 0. The van der Waals surface area contributed by atoms with Crippen LogP contribution in [0.4, 0.5) is 0 Å². The van der Waals surface area contributed by atoms with E-state index in [0.29, 0.717) is 5.92 Å². The molecule has 86 valence electrons. The average molecular weight is 229 g/mol. The molecule has 0 bridgehead atoms. The Hall–Kier alpha value is -0.680. The summed E-state index contributed by atoms with van der Waals surface area (Å²) in [5.41, 5.74) is 5.34. The molecule has 0 radical (unpaired) electrons. The van der Waals surface area contributed by atoms with Crippen molar-refractivity contribution in [3.05, 3.63) is 0 Å². The lowest BCUT2D eigenvalue weighted by Crippen LogP contribution is -2.34. The lowest BCUT2D eigenvalue weighted by atomic mass is 10.1. The molecule has 1 rings (SSSR count). The lowest BCUT2D eigenvalue weighted by molar-refractivity contribution is -0.129. The van der Waals surface area contributed by atoms with Gasteiger partial charge < -0.3 is 15.5 Å². The van der Waals surface area contributed by atoms with Gasteiger partial charge in [-0.1, -0.05) is 12.2 Å². The second-order valence-electron chi connectivity index (χ2n) is 4.33. The van der Waals surface area contributed by atoms with Crippen molar-refractivity contribution in [3.63, 3.8) is 0 Å². The third-order valence-electron chi connectivity index (χ3n) is 2.77. The average Bonchev–Trinajstić information content (AvgIpc) is 2.50. The zero-order valence-electron chi connectivity index (χ0n) is 9.40. The van der Waals surface area contributed by atoms with Crippen LogP contribution in [0.15, 0.2) is 0 Å². The molecule has 0 saturated carbocycles. The van der Waals surface area contributed by atoms with E-state index in [1.165, 1.54) is 6.42 Å². The molecule has 1 aliphatic heterocycles. The Morgan fingerprint density at radius 3 is 2.80 bits per heavy atom. The Labute approximate surface area is 96.4 Å². The minimum absolute atomic E-state index is 0.0250. The quantitative estimate of drug-likeness (QED) is 0.693. The van der Waals surface area contributed by atoms with Gasteiger partial charge in [0.15, 0.2) is 0 Å². The van der Waals surface area contributed by atoms with Crippen LogP contribution in [0, 0.1) is 5.92 Å². The van der Waals surface area contributed by atoms with Crippen molar-refractivity contribution in [3.8, 4) is 0 Å². The Morgan fingerprint density at radius 1 is 1.67 bits per heavy atom. The monoisotopic (exact) mass is 229 g/mol. The standard InChI is InChI=1S/C10H19N3OS/c1-12-4-3-8(6-12)7-13(2)10(14)5-9(11)15/h8H,3-7H2,1-2H3,(H2,11,15). The summed E-state index contributed by atoms with van der Waals surface area (Å²) in [6.45, 7) is 3.01. The fourth-order valence-corrected chi connectivity index (χ4v) is 2.07. The van der Waals surface area contributed by atoms with Crippen LogP contribution in [0.5, 0.6) is 0 Å². The highest BCUT2D eigenvalue weighted by molar-refractivity contribution is 7.80. The Kier molecular flexibility index (Phi) is 4.47. The van der Waals surface area contributed by atoms with Gasteiger partial charge in [0.25, 0.3) is 0 Å². The molecule has 0 aliphatic carbocycles. The molecule has 0 spiro atoms. The maximum atomic E-state index is 11.6. The van der Waals surface area contributed by atoms with Crippen molar-refractivity contribution < 1.29 is 4.79 Å². The number of nitrogens with zero attached hydrogens (tertiary/aromatic N) is 2. The van der Waals surface area contributed by atoms with Gasteiger partial charge in [0, 0.05) is 20.1 Å². The predicted molar refractivity (Wildman–Crippen MR) is 64.6 cm³/mol. The minimum atomic E-state index is 0.0250. The summed E-state index contributed by atoms with van der Waals surface area (Å²) in [5, 5.41) is 0. The maximum Gasteiger partial charge on any atom is 0.229 e. The van der Waals surface area contributed by atoms with E-state index in [0.717, 1.165) is 19.6 Å². The van der Waals surface area contributed by atoms with Crippen LogP contribution >= 0.6 is 12.2 Å². The van der Waals surface area contributed by atoms with Gasteiger partial charge in [-0.15, -0.1) is 0 Å². The first kappa shape index (κ1) is 12.4. The number of thiocarbonyl (C=S) groups is 1. The number of carbonyl (C=O) groups excluding carboxylic acids is 1. The van der Waals surface area contributed by atoms with E-state index in [1.807, 2.05) is 7.05 Å². The molecule has 1 heterocycles. The highest BCUT2D eigenvalue weighted by Gasteiger charge is 2.22. The van der Waals surface area contributed by atoms with E-state index in [4.69, 9.17) is 18.0 Å². The molecule has 1 atom stereocenters. The molecular weight excluding hydrogens is 210 g/mol. The predicted octanol–water partition coefficient (Wildman–Crippen LogP) is 0.0727. The fourth-order valence-electron chi connectivity index (χ4n) is 1.95. The number of likely N-dealkylation sites (tertiary alicyclic amines) is 1. The Morgan fingerprint density at radius 2 is 2.33 bits per heavy atom. The summed E-state index contributed by atoms with van der Waals surface area (Å²) >= 11 is 4.71. The molecule has 1 aliphatic rings. The van der Waals surface area contributed by atoms with Crippen molar-refractivity contribution in [1.29, 1.82) is 0 Å². The van der Waals surface area contributed by atoms with Crippen LogP contribution < -0.4 is 5.73 Å². The van der Waals surface area contributed by atoms with Gasteiger partial charge in [-0.3, -0.25) is 4.79 Å². The largest absolute Gasteiger partial charge is 0.393 e. The number of hydrogen-bond donors (Lipinski definition) is 1. The molecular formula is C10H19N3OS. The summed E-state index contributed by atoms with van der Waals surface area (Å²) in [6.07, 6.45) is 1.36. The van der Waals surface area contributed by atoms with Gasteiger partial charge in [0.2, 0.25) is 5.91 Å². The molecule has 5 heteroatoms. The van der Waals surface area contributed by atoms with Gasteiger partial charge in [0.05, 0.1) is 11.4 Å². The van der Waals surface area contributed by atoms with Crippen LogP contribution in [0.2, 0.25) is 0 Å². The molecule has 15 heavy (non-hydrogen) atoms. The molecule has 1 unspecified atom stereocenters. The minimum Gasteiger partial charge on any atom is -0.393 e. The first-order valence-corrected chi connectivity index (χ1v) is 5.60. The number of nitrogens with two attached hydrogens (primary N) is 1. The third-order valence-corrected chi connectivity index (χ3v) is 2.92. The number of carbonyl (C=O) groups is 1. The summed E-state index contributed by atoms with van der Waals surface area (Å²) in [4.78, 5) is 15.9. The second-order valence-corrected chi connectivity index (χ2v) is 4.86. The first-order valence-electron chi connectivity index (χ1n) is 5.20. The maximum absolute atomic E-state index is 11.6. The van der Waals surface area contributed by atoms with Gasteiger partial charge in [-0.05, 0) is 25.9 Å². The lowest BCUT2D eigenvalue weighted by Gasteiger charge is -2.21. The van der Waals surface area contributed by atoms with E-state index in [9.17, 15) is 4.79 Å². The van der Waals surface area contributed by atoms with Crippen molar-refractivity contribution in [2.75, 3.05) is 33.7 Å². The van der Waals surface area contributed by atoms with Crippen LogP contribution in [0.25, 0.3) is 0 Å². The van der Waals surface area contributed by atoms with Crippen molar-refractivity contribution in [1.82, 2.24) is 9.80 Å². The highest BCUT2D eigenvalue weighted by Crippen LogP contribution is 2.15. The van der Waals surface area contributed by atoms with Crippen LogP contribution in [0.1, 0.15) is 12.8 Å². The van der Waals surface area contributed by atoms with E-state index < -0.39 is 0 Å². The first-order chi connectivity index (χ1) is 6.99. The normalized spacial score (nSPS) is 21.6. The Balaban J connectivity index is 2.31.